The molecular weight excluding hydrogens is 782 g/mol. The molecule has 18 atom stereocenters. The molecule has 4 aliphatic heterocycles. The Kier molecular flexibility index (Phi) is 14.6. The third-order valence-corrected chi connectivity index (χ3v) is 10.1. The number of rotatable bonds is 14. The topological polar surface area (TPSA) is 434 Å². The summed E-state index contributed by atoms with van der Waals surface area (Å²) in [5.41, 5.74) is 5.93. The molecule has 26 heteroatoms. The molecule has 0 saturated carbocycles. The van der Waals surface area contributed by atoms with E-state index in [1.165, 1.54) is 0 Å². The van der Waals surface area contributed by atoms with Crippen LogP contribution < -0.4 is 16.4 Å². The Morgan fingerprint density at radius 2 is 1.37 bits per heavy atom. The minimum atomic E-state index is -3.21. The summed E-state index contributed by atoms with van der Waals surface area (Å²) in [5, 5.41) is 131. The lowest BCUT2D eigenvalue weighted by Gasteiger charge is -2.51. The Bertz CT molecular complexity index is 1490. The fourth-order valence-electron chi connectivity index (χ4n) is 7.18. The molecule has 4 fully saturated rings. The maximum atomic E-state index is 13.1. The zero-order valence-corrected chi connectivity index (χ0v) is 30.3. The van der Waals surface area contributed by atoms with Gasteiger partial charge in [0.05, 0.1) is 49.7 Å². The number of aliphatic hydroxyl groups is 10. The van der Waals surface area contributed by atoms with Gasteiger partial charge in [-0.05, 0) is 0 Å². The van der Waals surface area contributed by atoms with Crippen LogP contribution >= 0.6 is 0 Å². The Balaban J connectivity index is 1.69. The number of aliphatic hydroxyl groups excluding tert-OH is 9. The Labute approximate surface area is 321 Å². The number of carbonyl (C=O) groups is 5. The highest BCUT2D eigenvalue weighted by molar-refractivity contribution is 5.79. The molecule has 1 spiro atoms. The standard InChI is InChI=1S/C31H49N3O23/c1-9(37)33-18-12(40)3-29(51,26(46)47)55-24(18)21(44)15(7-36)53-30(27(48)49)5-13(41)19(34-10(2)38)25(57-30)22(45)16-8-52-28(50)31(54-16)4-11(39)17(32)23(56-31)20(43)14(42)6-35/h11-25,35-36,39-45,51H,3-8,32H2,1-2H3,(H,33,37)(H,34,38)(H,46,47)(H,48,49)/t11-,12-,13-,14-,15+,16+,17+,18+,19+,20-,21+,22+,23+,24+,25+,29-,30+,31-/m0/s1. The molecule has 0 unspecified atom stereocenters. The largest absolute Gasteiger partial charge is 0.477 e. The number of amides is 2. The van der Waals surface area contributed by atoms with Crippen molar-refractivity contribution in [2.24, 2.45) is 5.73 Å². The number of esters is 1. The Hall–Kier alpha value is -3.29. The summed E-state index contributed by atoms with van der Waals surface area (Å²) < 4.78 is 33.0. The molecule has 4 heterocycles. The Morgan fingerprint density at radius 3 is 1.89 bits per heavy atom. The van der Waals surface area contributed by atoms with Crippen LogP contribution in [-0.4, -0.2) is 220 Å². The van der Waals surface area contributed by atoms with Crippen LogP contribution in [0.15, 0.2) is 0 Å². The van der Waals surface area contributed by atoms with Crippen molar-refractivity contribution in [3.8, 4) is 0 Å². The lowest BCUT2D eigenvalue weighted by molar-refractivity contribution is -0.365. The van der Waals surface area contributed by atoms with Crippen LogP contribution in [0.4, 0.5) is 0 Å². The van der Waals surface area contributed by atoms with Gasteiger partial charge in [-0.2, -0.15) is 0 Å². The van der Waals surface area contributed by atoms with Gasteiger partial charge in [-0.15, -0.1) is 0 Å². The first kappa shape index (κ1) is 46.4. The van der Waals surface area contributed by atoms with Crippen molar-refractivity contribution >= 4 is 29.7 Å². The van der Waals surface area contributed by atoms with E-state index in [2.05, 4.69) is 10.6 Å². The molecule has 0 aromatic heterocycles. The number of hydrogen-bond acceptors (Lipinski definition) is 22. The zero-order valence-electron chi connectivity index (χ0n) is 30.3. The second kappa shape index (κ2) is 17.9. The molecule has 2 amide bonds. The molecule has 326 valence electrons. The number of carbonyl (C=O) groups excluding carboxylic acids is 3. The molecule has 0 bridgehead atoms. The van der Waals surface area contributed by atoms with Gasteiger partial charge in [0.1, 0.15) is 61.5 Å². The second-order valence-electron chi connectivity index (χ2n) is 14.3. The first-order chi connectivity index (χ1) is 26.5. The van der Waals surface area contributed by atoms with E-state index < -0.39 is 178 Å². The van der Waals surface area contributed by atoms with E-state index in [1.807, 2.05) is 0 Å². The summed E-state index contributed by atoms with van der Waals surface area (Å²) in [4.78, 5) is 62.0. The number of aliphatic carboxylic acids is 2. The van der Waals surface area contributed by atoms with Gasteiger partial charge in [0.15, 0.2) is 0 Å². The average molecular weight is 832 g/mol. The van der Waals surface area contributed by atoms with Gasteiger partial charge in [0, 0.05) is 33.1 Å². The van der Waals surface area contributed by atoms with E-state index in [1.54, 1.807) is 0 Å². The molecule has 26 nitrogen and oxygen atoms in total. The van der Waals surface area contributed by atoms with Crippen LogP contribution in [0.5, 0.6) is 0 Å². The fraction of sp³-hybridized carbons (Fsp3) is 0.839. The zero-order chi connectivity index (χ0) is 42.9. The highest BCUT2D eigenvalue weighted by Crippen LogP contribution is 2.41. The van der Waals surface area contributed by atoms with Crippen molar-refractivity contribution in [1.29, 1.82) is 0 Å². The van der Waals surface area contributed by atoms with E-state index in [-0.39, 0.29) is 0 Å². The van der Waals surface area contributed by atoms with Crippen LogP contribution in [0.3, 0.4) is 0 Å². The maximum Gasteiger partial charge on any atom is 0.367 e. The summed E-state index contributed by atoms with van der Waals surface area (Å²) in [6.45, 7) is -1.27. The third kappa shape index (κ3) is 9.46. The van der Waals surface area contributed by atoms with Crippen molar-refractivity contribution in [1.82, 2.24) is 10.6 Å². The SMILES string of the molecule is CC(=O)N[C@H]1[C@H]([C@H](O)[C@@H](CO)O[C@]2(C(=O)O)C[C@H](O)[C@@H](NC(C)=O)[C@H]([C@H](O)[C@H]3COC(=O)[C@@]4(C[C@H](O)[C@@H](N)[C@H]([C@@H](O)[C@@H](O)CO)O4)O3)O2)O[C@](O)(C(=O)O)C[C@@H]1O. The van der Waals surface area contributed by atoms with Gasteiger partial charge in [0.2, 0.25) is 11.8 Å². The maximum absolute atomic E-state index is 13.1. The molecule has 0 aliphatic carbocycles. The molecule has 57 heavy (non-hydrogen) atoms. The number of carboxylic acids is 2. The number of nitrogens with one attached hydrogen (secondary N) is 2. The minimum Gasteiger partial charge on any atom is -0.477 e. The van der Waals surface area contributed by atoms with Crippen molar-refractivity contribution in [2.75, 3.05) is 19.8 Å². The fourth-order valence-corrected chi connectivity index (χ4v) is 7.18. The van der Waals surface area contributed by atoms with Gasteiger partial charge in [-0.3, -0.25) is 9.59 Å². The monoisotopic (exact) mass is 831 g/mol. The second-order valence-corrected chi connectivity index (χ2v) is 14.3. The van der Waals surface area contributed by atoms with Crippen molar-refractivity contribution < 1.29 is 114 Å². The molecule has 4 saturated heterocycles. The highest BCUT2D eigenvalue weighted by Gasteiger charge is 2.63. The van der Waals surface area contributed by atoms with Gasteiger partial charge in [0.25, 0.3) is 17.4 Å². The predicted octanol–water partition coefficient (Wildman–Crippen LogP) is -9.22. The van der Waals surface area contributed by atoms with Crippen LogP contribution in [0.1, 0.15) is 33.1 Å². The van der Waals surface area contributed by atoms with E-state index in [4.69, 9.17) is 34.2 Å². The first-order valence-electron chi connectivity index (χ1n) is 17.5. The minimum absolute atomic E-state index is 0.801. The molecule has 0 aromatic carbocycles. The number of cyclic esters (lactones) is 1. The van der Waals surface area contributed by atoms with Gasteiger partial charge >= 0.3 is 17.9 Å². The highest BCUT2D eigenvalue weighted by atomic mass is 16.8. The summed E-state index contributed by atoms with van der Waals surface area (Å²) in [6, 6.07) is -4.91. The number of hydrogen-bond donors (Lipinski definition) is 15. The normalized spacial score (nSPS) is 41.2. The molecule has 0 radical (unpaired) electrons. The van der Waals surface area contributed by atoms with E-state index >= 15 is 0 Å². The number of nitrogens with two attached hydrogens (primary N) is 1. The molecule has 4 aliphatic rings. The summed E-state index contributed by atoms with van der Waals surface area (Å²) in [6.07, 6.45) is -27.4. The Morgan fingerprint density at radius 1 is 0.789 bits per heavy atom. The summed E-state index contributed by atoms with van der Waals surface area (Å²) in [7, 11) is 0. The summed E-state index contributed by atoms with van der Waals surface area (Å²) >= 11 is 0. The lowest BCUT2D eigenvalue weighted by Crippen LogP contribution is -2.72. The van der Waals surface area contributed by atoms with Crippen molar-refractivity contribution in [3.63, 3.8) is 0 Å². The van der Waals surface area contributed by atoms with Gasteiger partial charge in [-0.1, -0.05) is 0 Å². The quantitative estimate of drug-likeness (QED) is 0.0723. The van der Waals surface area contributed by atoms with Gasteiger partial charge < -0.3 is 106 Å². The van der Waals surface area contributed by atoms with Crippen LogP contribution in [-0.2, 0) is 52.4 Å². The number of carboxylic acid groups (broad SMARTS) is 2. The smallest absolute Gasteiger partial charge is 0.367 e. The van der Waals surface area contributed by atoms with Crippen LogP contribution in [0.2, 0.25) is 0 Å². The van der Waals surface area contributed by atoms with Crippen LogP contribution in [0.25, 0.3) is 0 Å². The van der Waals surface area contributed by atoms with E-state index in [0.29, 0.717) is 0 Å². The molecule has 16 N–H and O–H groups in total. The summed E-state index contributed by atoms with van der Waals surface area (Å²) in [5.74, 6) is -16.2. The van der Waals surface area contributed by atoms with Gasteiger partial charge in [-0.25, -0.2) is 14.4 Å². The van der Waals surface area contributed by atoms with Crippen molar-refractivity contribution in [2.45, 2.75) is 142 Å². The molecule has 0 aromatic rings. The average Bonchev–Trinajstić information content (AvgIpc) is 3.13. The third-order valence-electron chi connectivity index (χ3n) is 10.1. The van der Waals surface area contributed by atoms with Crippen LogP contribution in [0, 0.1) is 0 Å². The lowest BCUT2D eigenvalue weighted by atomic mass is 9.86. The predicted molar refractivity (Wildman–Crippen MR) is 174 cm³/mol. The molecule has 4 rings (SSSR count). The van der Waals surface area contributed by atoms with E-state index in [9.17, 15) is 85.3 Å². The van der Waals surface area contributed by atoms with E-state index in [0.717, 1.165) is 13.8 Å². The first-order valence-corrected chi connectivity index (χ1v) is 17.5. The number of ether oxygens (including phenoxy) is 6. The van der Waals surface area contributed by atoms with Crippen molar-refractivity contribution in [3.05, 3.63) is 0 Å². The molecular formula is C31H49N3O23.